The van der Waals surface area contributed by atoms with Gasteiger partial charge in [-0.3, -0.25) is 4.79 Å². The third kappa shape index (κ3) is 4.59. The van der Waals surface area contributed by atoms with Gasteiger partial charge in [-0.2, -0.15) is 0 Å². The van der Waals surface area contributed by atoms with Crippen molar-refractivity contribution in [3.8, 4) is 0 Å². The van der Waals surface area contributed by atoms with Crippen LogP contribution in [0.25, 0.3) is 0 Å². The van der Waals surface area contributed by atoms with E-state index in [2.05, 4.69) is 26.2 Å². The number of ether oxygens (including phenoxy) is 1. The van der Waals surface area contributed by atoms with Crippen LogP contribution in [0.2, 0.25) is 0 Å². The zero-order chi connectivity index (χ0) is 11.8. The maximum Gasteiger partial charge on any atom is 0.263 e. The molecule has 0 aliphatic rings. The summed E-state index contributed by atoms with van der Waals surface area (Å²) in [6.45, 7) is 3.86. The van der Waals surface area contributed by atoms with Crippen molar-refractivity contribution >= 4 is 33.2 Å². The van der Waals surface area contributed by atoms with E-state index < -0.39 is 0 Å². The molecule has 0 radical (unpaired) electrons. The number of alkyl halides is 1. The highest BCUT2D eigenvalue weighted by atomic mass is 79.9. The normalized spacial score (nSPS) is 10.4. The molecular formula is C10H15BrN2O2S. The van der Waals surface area contributed by atoms with Crippen molar-refractivity contribution in [3.05, 3.63) is 16.1 Å². The van der Waals surface area contributed by atoms with Gasteiger partial charge in [-0.15, -0.1) is 11.3 Å². The van der Waals surface area contributed by atoms with Gasteiger partial charge in [-0.25, -0.2) is 4.98 Å². The molecule has 1 N–H and O–H groups in total. The van der Waals surface area contributed by atoms with Crippen molar-refractivity contribution in [1.82, 2.24) is 10.3 Å². The lowest BCUT2D eigenvalue weighted by atomic mass is 10.3. The van der Waals surface area contributed by atoms with E-state index in [0.717, 1.165) is 17.4 Å². The first-order valence-electron chi connectivity index (χ1n) is 5.07. The van der Waals surface area contributed by atoms with E-state index in [1.54, 1.807) is 5.51 Å². The number of nitrogens with zero attached hydrogens (tertiary/aromatic N) is 1. The first kappa shape index (κ1) is 13.6. The second-order valence-corrected chi connectivity index (χ2v) is 4.83. The minimum Gasteiger partial charge on any atom is -0.381 e. The minimum atomic E-state index is -0.0412. The number of carbonyl (C=O) groups is 1. The Morgan fingerprint density at radius 3 is 3.06 bits per heavy atom. The predicted molar refractivity (Wildman–Crippen MR) is 68.4 cm³/mol. The van der Waals surface area contributed by atoms with Gasteiger partial charge in [-0.1, -0.05) is 15.9 Å². The average molecular weight is 307 g/mol. The molecular weight excluding hydrogens is 292 g/mol. The third-order valence-corrected chi connectivity index (χ3v) is 3.18. The fraction of sp³-hybridized carbons (Fsp3) is 0.600. The molecule has 1 amide bonds. The first-order chi connectivity index (χ1) is 7.75. The highest BCUT2D eigenvalue weighted by Crippen LogP contribution is 2.11. The number of nitrogens with one attached hydrogen (secondary N) is 1. The quantitative estimate of drug-likeness (QED) is 0.619. The Hall–Kier alpha value is -0.460. The van der Waals surface area contributed by atoms with Crippen LogP contribution in [0.5, 0.6) is 0 Å². The summed E-state index contributed by atoms with van der Waals surface area (Å²) in [6.07, 6.45) is 0.830. The number of hydrogen-bond acceptors (Lipinski definition) is 4. The van der Waals surface area contributed by atoms with Gasteiger partial charge in [0.1, 0.15) is 4.88 Å². The molecule has 0 fully saturated rings. The van der Waals surface area contributed by atoms with E-state index in [-0.39, 0.29) is 5.91 Å². The molecule has 0 saturated carbocycles. The van der Waals surface area contributed by atoms with Gasteiger partial charge in [0.15, 0.2) is 0 Å². The number of aryl methyl sites for hydroxylation is 1. The molecule has 0 atom stereocenters. The molecule has 6 heteroatoms. The average Bonchev–Trinajstić information content (AvgIpc) is 2.69. The van der Waals surface area contributed by atoms with E-state index in [1.165, 1.54) is 11.3 Å². The molecule has 1 rings (SSSR count). The number of halogens is 1. The van der Waals surface area contributed by atoms with Crippen molar-refractivity contribution in [2.45, 2.75) is 13.3 Å². The Bertz CT molecular complexity index is 330. The molecule has 1 heterocycles. The van der Waals surface area contributed by atoms with Gasteiger partial charge in [0.05, 0.1) is 17.8 Å². The van der Waals surface area contributed by atoms with Gasteiger partial charge in [0, 0.05) is 18.5 Å². The van der Waals surface area contributed by atoms with Crippen LogP contribution in [0.4, 0.5) is 0 Å². The Morgan fingerprint density at radius 1 is 1.62 bits per heavy atom. The molecule has 0 aromatic carbocycles. The fourth-order valence-corrected chi connectivity index (χ4v) is 2.08. The van der Waals surface area contributed by atoms with Gasteiger partial charge < -0.3 is 10.1 Å². The monoisotopic (exact) mass is 306 g/mol. The molecule has 4 nitrogen and oxygen atoms in total. The molecule has 1 aromatic rings. The summed E-state index contributed by atoms with van der Waals surface area (Å²) in [7, 11) is 0. The van der Waals surface area contributed by atoms with Crippen LogP contribution >= 0.6 is 27.3 Å². The second kappa shape index (κ2) is 7.76. The van der Waals surface area contributed by atoms with Crippen LogP contribution in [0, 0.1) is 6.92 Å². The zero-order valence-corrected chi connectivity index (χ0v) is 11.6. The molecule has 0 bridgehead atoms. The van der Waals surface area contributed by atoms with Crippen LogP contribution in [0.15, 0.2) is 5.51 Å². The van der Waals surface area contributed by atoms with Crippen molar-refractivity contribution in [2.75, 3.05) is 25.1 Å². The standard InChI is InChI=1S/C10H15BrN2O2S/c1-8-9(16-7-13-8)10(14)12-4-2-5-15-6-3-11/h7H,2-6H2,1H3,(H,12,14). The van der Waals surface area contributed by atoms with Gasteiger partial charge in [0.25, 0.3) is 5.91 Å². The predicted octanol–water partition coefficient (Wildman–Crippen LogP) is 1.98. The van der Waals surface area contributed by atoms with E-state index in [0.29, 0.717) is 24.6 Å². The second-order valence-electron chi connectivity index (χ2n) is 3.18. The Labute approximate surface area is 108 Å². The van der Waals surface area contributed by atoms with E-state index in [4.69, 9.17) is 4.74 Å². The van der Waals surface area contributed by atoms with Crippen LogP contribution in [0.1, 0.15) is 21.8 Å². The number of rotatable bonds is 7. The topological polar surface area (TPSA) is 51.2 Å². The molecule has 16 heavy (non-hydrogen) atoms. The molecule has 0 unspecified atom stereocenters. The summed E-state index contributed by atoms with van der Waals surface area (Å²) in [5.74, 6) is -0.0412. The molecule has 0 aliphatic carbocycles. The zero-order valence-electron chi connectivity index (χ0n) is 9.16. The number of thiazole rings is 1. The Kier molecular flexibility index (Phi) is 6.59. The maximum absolute atomic E-state index is 11.6. The fourth-order valence-electron chi connectivity index (χ4n) is 1.13. The van der Waals surface area contributed by atoms with Crippen LogP contribution in [-0.2, 0) is 4.74 Å². The molecule has 0 saturated heterocycles. The summed E-state index contributed by atoms with van der Waals surface area (Å²) in [4.78, 5) is 16.4. The lowest BCUT2D eigenvalue weighted by molar-refractivity contribution is 0.0948. The van der Waals surface area contributed by atoms with Gasteiger partial charge in [-0.05, 0) is 13.3 Å². The highest BCUT2D eigenvalue weighted by molar-refractivity contribution is 9.09. The molecule has 1 aromatic heterocycles. The summed E-state index contributed by atoms with van der Waals surface area (Å²) >= 11 is 4.64. The lowest BCUT2D eigenvalue weighted by Gasteiger charge is -2.04. The highest BCUT2D eigenvalue weighted by Gasteiger charge is 2.10. The minimum absolute atomic E-state index is 0.0412. The number of aromatic nitrogens is 1. The Balaban J connectivity index is 2.14. The third-order valence-electron chi connectivity index (χ3n) is 1.92. The SMILES string of the molecule is Cc1ncsc1C(=O)NCCCOCCBr. The number of amides is 1. The van der Waals surface area contributed by atoms with Crippen LogP contribution < -0.4 is 5.32 Å². The molecule has 0 spiro atoms. The molecule has 90 valence electrons. The van der Waals surface area contributed by atoms with Crippen LogP contribution in [0.3, 0.4) is 0 Å². The van der Waals surface area contributed by atoms with E-state index in [9.17, 15) is 4.79 Å². The largest absolute Gasteiger partial charge is 0.381 e. The van der Waals surface area contributed by atoms with E-state index >= 15 is 0 Å². The van der Waals surface area contributed by atoms with E-state index in [1.807, 2.05) is 6.92 Å². The summed E-state index contributed by atoms with van der Waals surface area (Å²) < 4.78 is 5.27. The van der Waals surface area contributed by atoms with Crippen molar-refractivity contribution in [3.63, 3.8) is 0 Å². The summed E-state index contributed by atoms with van der Waals surface area (Å²) in [5, 5.41) is 3.69. The summed E-state index contributed by atoms with van der Waals surface area (Å²) in [5.41, 5.74) is 2.47. The van der Waals surface area contributed by atoms with Gasteiger partial charge >= 0.3 is 0 Å². The summed E-state index contributed by atoms with van der Waals surface area (Å²) in [6, 6.07) is 0. The Morgan fingerprint density at radius 2 is 2.44 bits per heavy atom. The maximum atomic E-state index is 11.6. The smallest absolute Gasteiger partial charge is 0.263 e. The molecule has 0 aliphatic heterocycles. The van der Waals surface area contributed by atoms with Crippen LogP contribution in [-0.4, -0.2) is 36.0 Å². The van der Waals surface area contributed by atoms with Crippen molar-refractivity contribution in [2.24, 2.45) is 0 Å². The first-order valence-corrected chi connectivity index (χ1v) is 7.08. The van der Waals surface area contributed by atoms with Gasteiger partial charge in [0.2, 0.25) is 0 Å². The number of carbonyl (C=O) groups excluding carboxylic acids is 1. The van der Waals surface area contributed by atoms with Crippen molar-refractivity contribution in [1.29, 1.82) is 0 Å². The number of hydrogen-bond donors (Lipinski definition) is 1. The lowest BCUT2D eigenvalue weighted by Crippen LogP contribution is -2.25. The van der Waals surface area contributed by atoms with Crippen molar-refractivity contribution < 1.29 is 9.53 Å².